The minimum absolute atomic E-state index is 0.103. The highest BCUT2D eigenvalue weighted by molar-refractivity contribution is 9.10. The maximum atomic E-state index is 12.3. The fourth-order valence-electron chi connectivity index (χ4n) is 2.88. The van der Waals surface area contributed by atoms with E-state index in [0.29, 0.717) is 11.1 Å². The molecule has 0 radical (unpaired) electrons. The van der Waals surface area contributed by atoms with E-state index in [1.165, 1.54) is 18.5 Å². The second-order valence-corrected chi connectivity index (χ2v) is 7.83. The molecule has 1 aliphatic carbocycles. The number of aromatic nitrogens is 1. The van der Waals surface area contributed by atoms with Crippen LogP contribution in [0.2, 0.25) is 0 Å². The maximum Gasteiger partial charge on any atom is 0.242 e. The number of pyridine rings is 1. The molecule has 0 bridgehead atoms. The smallest absolute Gasteiger partial charge is 0.242 e. The Morgan fingerprint density at radius 2 is 2.25 bits per heavy atom. The summed E-state index contributed by atoms with van der Waals surface area (Å²) >= 11 is 3.22. The van der Waals surface area contributed by atoms with E-state index < -0.39 is 10.0 Å². The lowest BCUT2D eigenvalue weighted by molar-refractivity contribution is -0.114. The number of ether oxygens (including phenoxy) is 1. The van der Waals surface area contributed by atoms with Crippen LogP contribution in [-0.4, -0.2) is 38.2 Å². The molecule has 4 atom stereocenters. The van der Waals surface area contributed by atoms with Gasteiger partial charge in [-0.05, 0) is 34.8 Å². The molecular weight excluding hydrogens is 346 g/mol. The Morgan fingerprint density at radius 1 is 1.45 bits per heavy atom. The molecule has 1 aliphatic heterocycles. The molecule has 110 valence electrons. The van der Waals surface area contributed by atoms with Crippen molar-refractivity contribution in [3.63, 3.8) is 0 Å². The van der Waals surface area contributed by atoms with Crippen LogP contribution in [0.4, 0.5) is 0 Å². The SMILES string of the molecule is NC1C2CCCOC2C1NS(=O)(=O)c1cncc(Br)c1. The van der Waals surface area contributed by atoms with Crippen LogP contribution in [-0.2, 0) is 14.8 Å². The maximum absolute atomic E-state index is 12.3. The molecule has 8 heteroatoms. The highest BCUT2D eigenvalue weighted by atomic mass is 79.9. The summed E-state index contributed by atoms with van der Waals surface area (Å²) in [4.78, 5) is 4.00. The van der Waals surface area contributed by atoms with Crippen molar-refractivity contribution in [2.75, 3.05) is 6.61 Å². The summed E-state index contributed by atoms with van der Waals surface area (Å²) in [5.41, 5.74) is 6.06. The summed E-state index contributed by atoms with van der Waals surface area (Å²) < 4.78 is 33.5. The number of halogens is 1. The van der Waals surface area contributed by atoms with Crippen molar-refractivity contribution in [1.82, 2.24) is 9.71 Å². The zero-order valence-electron chi connectivity index (χ0n) is 10.7. The number of rotatable bonds is 3. The average Bonchev–Trinajstić information content (AvgIpc) is 2.44. The van der Waals surface area contributed by atoms with Gasteiger partial charge < -0.3 is 10.5 Å². The Hall–Kier alpha value is -0.540. The molecule has 1 aromatic rings. The summed E-state index contributed by atoms with van der Waals surface area (Å²) in [7, 11) is -3.63. The molecule has 1 saturated heterocycles. The first-order chi connectivity index (χ1) is 9.49. The normalized spacial score (nSPS) is 33.3. The Kier molecular flexibility index (Phi) is 3.85. The zero-order chi connectivity index (χ0) is 14.3. The first-order valence-electron chi connectivity index (χ1n) is 6.49. The molecule has 0 spiro atoms. The van der Waals surface area contributed by atoms with E-state index in [2.05, 4.69) is 25.6 Å². The zero-order valence-corrected chi connectivity index (χ0v) is 13.1. The van der Waals surface area contributed by atoms with E-state index in [9.17, 15) is 8.42 Å². The predicted molar refractivity (Wildman–Crippen MR) is 76.5 cm³/mol. The number of sulfonamides is 1. The first kappa shape index (κ1) is 14.4. The monoisotopic (exact) mass is 361 g/mol. The van der Waals surface area contributed by atoms with Gasteiger partial charge in [0.25, 0.3) is 0 Å². The quantitative estimate of drug-likeness (QED) is 0.823. The lowest BCUT2D eigenvalue weighted by atomic mass is 9.69. The Bertz CT molecular complexity index is 610. The molecule has 0 aromatic carbocycles. The first-order valence-corrected chi connectivity index (χ1v) is 8.77. The molecule has 1 aromatic heterocycles. The molecule has 3 N–H and O–H groups in total. The minimum Gasteiger partial charge on any atom is -0.376 e. The van der Waals surface area contributed by atoms with Crippen LogP contribution < -0.4 is 10.5 Å². The number of fused-ring (bicyclic) bond motifs is 1. The summed E-state index contributed by atoms with van der Waals surface area (Å²) in [5.74, 6) is 0.261. The van der Waals surface area contributed by atoms with Crippen LogP contribution in [0.3, 0.4) is 0 Å². The van der Waals surface area contributed by atoms with Crippen molar-refractivity contribution in [2.24, 2.45) is 11.7 Å². The van der Waals surface area contributed by atoms with Crippen LogP contribution in [0, 0.1) is 5.92 Å². The van der Waals surface area contributed by atoms with Gasteiger partial charge in [-0.3, -0.25) is 4.98 Å². The molecule has 2 heterocycles. The average molecular weight is 362 g/mol. The summed E-state index contributed by atoms with van der Waals surface area (Å²) in [6.45, 7) is 0.671. The van der Waals surface area contributed by atoms with Gasteiger partial charge in [0.05, 0.1) is 12.1 Å². The van der Waals surface area contributed by atoms with Gasteiger partial charge in [-0.15, -0.1) is 0 Å². The Balaban J connectivity index is 1.77. The van der Waals surface area contributed by atoms with Crippen LogP contribution in [0.15, 0.2) is 27.8 Å². The highest BCUT2D eigenvalue weighted by Crippen LogP contribution is 2.37. The van der Waals surface area contributed by atoms with E-state index in [0.717, 1.165) is 12.8 Å². The molecule has 20 heavy (non-hydrogen) atoms. The van der Waals surface area contributed by atoms with Gasteiger partial charge >= 0.3 is 0 Å². The highest BCUT2D eigenvalue weighted by Gasteiger charge is 2.51. The molecule has 0 amide bonds. The van der Waals surface area contributed by atoms with Crippen molar-refractivity contribution < 1.29 is 13.2 Å². The summed E-state index contributed by atoms with van der Waals surface area (Å²) in [6, 6.07) is 0.970. The van der Waals surface area contributed by atoms with E-state index >= 15 is 0 Å². The largest absolute Gasteiger partial charge is 0.376 e. The Labute approximate surface area is 126 Å². The molecule has 2 fully saturated rings. The van der Waals surface area contributed by atoms with Gasteiger partial charge in [0.2, 0.25) is 10.0 Å². The van der Waals surface area contributed by atoms with E-state index in [4.69, 9.17) is 10.5 Å². The third-order valence-electron chi connectivity index (χ3n) is 3.96. The van der Waals surface area contributed by atoms with Gasteiger partial charge in [-0.2, -0.15) is 0 Å². The number of nitrogens with two attached hydrogens (primary N) is 1. The fourth-order valence-corrected chi connectivity index (χ4v) is 4.66. The molecule has 4 unspecified atom stereocenters. The standard InChI is InChI=1S/C12H16BrN3O3S/c13-7-4-8(6-15-5-7)20(17,18)16-11-10(14)9-2-1-3-19-12(9)11/h4-6,9-12,16H,1-3,14H2. The van der Waals surface area contributed by atoms with Gasteiger partial charge in [-0.1, -0.05) is 0 Å². The van der Waals surface area contributed by atoms with Gasteiger partial charge in [-0.25, -0.2) is 13.1 Å². The lowest BCUT2D eigenvalue weighted by Gasteiger charge is -2.52. The number of nitrogens with zero attached hydrogens (tertiary/aromatic N) is 1. The second-order valence-electron chi connectivity index (χ2n) is 5.20. The fraction of sp³-hybridized carbons (Fsp3) is 0.583. The molecule has 2 aliphatic rings. The third kappa shape index (κ3) is 2.50. The summed E-state index contributed by atoms with van der Waals surface area (Å²) in [5, 5.41) is 0. The Morgan fingerprint density at radius 3 is 3.00 bits per heavy atom. The molecule has 3 rings (SSSR count). The van der Waals surface area contributed by atoms with Gasteiger partial charge in [0, 0.05) is 35.4 Å². The van der Waals surface area contributed by atoms with Gasteiger partial charge in [0.15, 0.2) is 0 Å². The van der Waals surface area contributed by atoms with Gasteiger partial charge in [0.1, 0.15) is 4.90 Å². The molecule has 6 nitrogen and oxygen atoms in total. The van der Waals surface area contributed by atoms with Crippen molar-refractivity contribution in [2.45, 2.75) is 35.9 Å². The lowest BCUT2D eigenvalue weighted by Crippen LogP contribution is -2.71. The second kappa shape index (κ2) is 5.34. The minimum atomic E-state index is -3.63. The van der Waals surface area contributed by atoms with E-state index in [1.807, 2.05) is 0 Å². The van der Waals surface area contributed by atoms with E-state index in [1.54, 1.807) is 0 Å². The third-order valence-corrected chi connectivity index (χ3v) is 5.82. The van der Waals surface area contributed by atoms with Crippen molar-refractivity contribution >= 4 is 26.0 Å². The van der Waals surface area contributed by atoms with Crippen LogP contribution in [0.25, 0.3) is 0 Å². The molecular formula is C12H16BrN3O3S. The van der Waals surface area contributed by atoms with Crippen molar-refractivity contribution in [3.8, 4) is 0 Å². The number of hydrogen-bond acceptors (Lipinski definition) is 5. The number of nitrogens with one attached hydrogen (secondary N) is 1. The van der Waals surface area contributed by atoms with E-state index in [-0.39, 0.29) is 29.0 Å². The molecule has 1 saturated carbocycles. The topological polar surface area (TPSA) is 94.3 Å². The summed E-state index contributed by atoms with van der Waals surface area (Å²) in [6.07, 6.45) is 4.74. The van der Waals surface area contributed by atoms with Crippen molar-refractivity contribution in [3.05, 3.63) is 22.9 Å². The number of hydrogen-bond donors (Lipinski definition) is 2. The van der Waals surface area contributed by atoms with Crippen LogP contribution in [0.1, 0.15) is 12.8 Å². The van der Waals surface area contributed by atoms with Crippen LogP contribution >= 0.6 is 15.9 Å². The predicted octanol–water partition coefficient (Wildman–Crippen LogP) is 0.627. The van der Waals surface area contributed by atoms with Crippen molar-refractivity contribution in [1.29, 1.82) is 0 Å². The van der Waals surface area contributed by atoms with Crippen LogP contribution in [0.5, 0.6) is 0 Å².